The lowest BCUT2D eigenvalue weighted by atomic mass is 10.3. The van der Waals surface area contributed by atoms with Crippen LogP contribution < -0.4 is 5.32 Å². The largest absolute Gasteiger partial charge is 0.384 e. The van der Waals surface area contributed by atoms with Gasteiger partial charge in [-0.1, -0.05) is 6.92 Å². The molecular formula is C15H25N3O2. The summed E-state index contributed by atoms with van der Waals surface area (Å²) in [5.41, 5.74) is 1.42. The number of nitrogens with zero attached hydrogens (tertiary/aromatic N) is 2. The maximum Gasteiger partial charge on any atom is 0.272 e. The molecule has 0 atom stereocenters. The number of pyridine rings is 1. The molecule has 1 rings (SSSR count). The summed E-state index contributed by atoms with van der Waals surface area (Å²) in [6, 6.07) is 3.66. The summed E-state index contributed by atoms with van der Waals surface area (Å²) in [4.78, 5) is 18.3. The van der Waals surface area contributed by atoms with Crippen LogP contribution in [0.4, 0.5) is 5.69 Å². The van der Waals surface area contributed by atoms with Crippen molar-refractivity contribution in [3.05, 3.63) is 24.0 Å². The van der Waals surface area contributed by atoms with E-state index in [1.54, 1.807) is 17.2 Å². The van der Waals surface area contributed by atoms with Gasteiger partial charge in [-0.3, -0.25) is 4.79 Å². The van der Waals surface area contributed by atoms with Crippen molar-refractivity contribution in [1.29, 1.82) is 0 Å². The predicted octanol–water partition coefficient (Wildman–Crippen LogP) is 2.40. The molecule has 1 amide bonds. The van der Waals surface area contributed by atoms with Crippen LogP contribution in [0, 0.1) is 0 Å². The molecule has 0 fully saturated rings. The van der Waals surface area contributed by atoms with Gasteiger partial charge in [0.1, 0.15) is 5.69 Å². The molecule has 1 aromatic rings. The third-order valence-electron chi connectivity index (χ3n) is 2.94. The van der Waals surface area contributed by atoms with Gasteiger partial charge in [0.05, 0.1) is 18.5 Å². The molecule has 0 saturated heterocycles. The number of anilines is 1. The van der Waals surface area contributed by atoms with Gasteiger partial charge in [-0.25, -0.2) is 4.98 Å². The Bertz CT molecular complexity index is 393. The summed E-state index contributed by atoms with van der Waals surface area (Å²) in [7, 11) is 0. The maximum absolute atomic E-state index is 12.3. The zero-order chi connectivity index (χ0) is 14.8. The molecule has 0 aliphatic rings. The number of nitrogens with one attached hydrogen (secondary N) is 1. The molecule has 0 aliphatic heterocycles. The number of carbonyl (C=O) groups is 1. The number of carbonyl (C=O) groups excluding carboxylic acids is 1. The van der Waals surface area contributed by atoms with Gasteiger partial charge in [-0.2, -0.15) is 0 Å². The summed E-state index contributed by atoms with van der Waals surface area (Å²) >= 11 is 0. The van der Waals surface area contributed by atoms with Gasteiger partial charge < -0.3 is 15.0 Å². The van der Waals surface area contributed by atoms with Crippen molar-refractivity contribution in [3.63, 3.8) is 0 Å². The fourth-order valence-electron chi connectivity index (χ4n) is 1.78. The van der Waals surface area contributed by atoms with E-state index in [2.05, 4.69) is 17.2 Å². The molecule has 5 heteroatoms. The maximum atomic E-state index is 12.3. The average Bonchev–Trinajstić information content (AvgIpc) is 2.49. The van der Waals surface area contributed by atoms with E-state index in [9.17, 15) is 4.79 Å². The van der Waals surface area contributed by atoms with Crippen molar-refractivity contribution in [3.8, 4) is 0 Å². The van der Waals surface area contributed by atoms with Crippen LogP contribution in [-0.2, 0) is 4.74 Å². The Labute approximate surface area is 121 Å². The Hall–Kier alpha value is -1.62. The first-order chi connectivity index (χ1) is 9.72. The summed E-state index contributed by atoms with van der Waals surface area (Å²) in [6.07, 6.45) is 2.76. The topological polar surface area (TPSA) is 54.5 Å². The van der Waals surface area contributed by atoms with Crippen molar-refractivity contribution < 1.29 is 9.53 Å². The van der Waals surface area contributed by atoms with Gasteiger partial charge in [0, 0.05) is 26.2 Å². The summed E-state index contributed by atoms with van der Waals surface area (Å²) < 4.78 is 5.29. The second kappa shape index (κ2) is 9.31. The molecule has 0 aromatic carbocycles. The standard InChI is InChI=1S/C15H25N3O2/c1-4-9-16-13-7-8-14(17-12-13)15(19)18(5-2)10-11-20-6-3/h7-8,12,16H,4-6,9-11H2,1-3H3. The molecule has 1 heterocycles. The van der Waals surface area contributed by atoms with Gasteiger partial charge in [0.15, 0.2) is 0 Å². The van der Waals surface area contributed by atoms with Crippen molar-refractivity contribution in [1.82, 2.24) is 9.88 Å². The SMILES string of the molecule is CCCNc1ccc(C(=O)N(CC)CCOCC)nc1. The highest BCUT2D eigenvalue weighted by Crippen LogP contribution is 2.08. The highest BCUT2D eigenvalue weighted by molar-refractivity contribution is 5.92. The van der Waals surface area contributed by atoms with Gasteiger partial charge in [-0.05, 0) is 32.4 Å². The molecule has 112 valence electrons. The molecule has 0 bridgehead atoms. The predicted molar refractivity (Wildman–Crippen MR) is 81.1 cm³/mol. The Morgan fingerprint density at radius 1 is 1.35 bits per heavy atom. The normalized spacial score (nSPS) is 10.3. The summed E-state index contributed by atoms with van der Waals surface area (Å²) in [5, 5.41) is 3.24. The van der Waals surface area contributed by atoms with E-state index in [1.807, 2.05) is 19.9 Å². The summed E-state index contributed by atoms with van der Waals surface area (Å²) in [5.74, 6) is -0.0470. The molecular weight excluding hydrogens is 254 g/mol. The van der Waals surface area contributed by atoms with Crippen LogP contribution >= 0.6 is 0 Å². The van der Waals surface area contributed by atoms with Crippen LogP contribution in [0.1, 0.15) is 37.7 Å². The molecule has 1 aromatic heterocycles. The van der Waals surface area contributed by atoms with Crippen LogP contribution in [-0.4, -0.2) is 48.6 Å². The number of amides is 1. The minimum Gasteiger partial charge on any atom is -0.384 e. The number of hydrogen-bond acceptors (Lipinski definition) is 4. The van der Waals surface area contributed by atoms with Crippen LogP contribution in [0.3, 0.4) is 0 Å². The Morgan fingerprint density at radius 3 is 2.70 bits per heavy atom. The molecule has 0 aliphatic carbocycles. The Morgan fingerprint density at radius 2 is 2.15 bits per heavy atom. The number of rotatable bonds is 9. The van der Waals surface area contributed by atoms with E-state index in [4.69, 9.17) is 4.74 Å². The molecule has 5 nitrogen and oxygen atoms in total. The first-order valence-electron chi connectivity index (χ1n) is 7.29. The van der Waals surface area contributed by atoms with Crippen LogP contribution in [0.25, 0.3) is 0 Å². The second-order valence-corrected chi connectivity index (χ2v) is 4.44. The molecule has 0 radical (unpaired) electrons. The summed E-state index contributed by atoms with van der Waals surface area (Å²) in [6.45, 7) is 9.40. The average molecular weight is 279 g/mol. The van der Waals surface area contributed by atoms with Gasteiger partial charge in [-0.15, -0.1) is 0 Å². The van der Waals surface area contributed by atoms with Crippen molar-refractivity contribution in [2.24, 2.45) is 0 Å². The van der Waals surface area contributed by atoms with Crippen molar-refractivity contribution >= 4 is 11.6 Å². The smallest absolute Gasteiger partial charge is 0.272 e. The van der Waals surface area contributed by atoms with E-state index in [0.29, 0.717) is 32.0 Å². The number of hydrogen-bond donors (Lipinski definition) is 1. The highest BCUT2D eigenvalue weighted by atomic mass is 16.5. The van der Waals surface area contributed by atoms with Crippen LogP contribution in [0.5, 0.6) is 0 Å². The monoisotopic (exact) mass is 279 g/mol. The van der Waals surface area contributed by atoms with E-state index < -0.39 is 0 Å². The molecule has 20 heavy (non-hydrogen) atoms. The Kier molecular flexibility index (Phi) is 7.65. The molecule has 1 N–H and O–H groups in total. The lowest BCUT2D eigenvalue weighted by molar-refractivity contribution is 0.0664. The first-order valence-corrected chi connectivity index (χ1v) is 7.29. The Balaban J connectivity index is 2.60. The fourth-order valence-corrected chi connectivity index (χ4v) is 1.78. The van der Waals surface area contributed by atoms with Crippen molar-refractivity contribution in [2.45, 2.75) is 27.2 Å². The molecule has 0 saturated carbocycles. The van der Waals surface area contributed by atoms with Gasteiger partial charge >= 0.3 is 0 Å². The second-order valence-electron chi connectivity index (χ2n) is 4.44. The highest BCUT2D eigenvalue weighted by Gasteiger charge is 2.14. The first kappa shape index (κ1) is 16.4. The third-order valence-corrected chi connectivity index (χ3v) is 2.94. The lowest BCUT2D eigenvalue weighted by Crippen LogP contribution is -2.34. The van der Waals surface area contributed by atoms with E-state index in [0.717, 1.165) is 18.7 Å². The zero-order valence-electron chi connectivity index (χ0n) is 12.7. The minimum absolute atomic E-state index is 0.0470. The van der Waals surface area contributed by atoms with Gasteiger partial charge in [0.2, 0.25) is 0 Å². The zero-order valence-corrected chi connectivity index (χ0v) is 12.7. The van der Waals surface area contributed by atoms with E-state index >= 15 is 0 Å². The number of ether oxygens (including phenoxy) is 1. The van der Waals surface area contributed by atoms with E-state index in [1.165, 1.54) is 0 Å². The number of aromatic nitrogens is 1. The van der Waals surface area contributed by atoms with Crippen LogP contribution in [0.2, 0.25) is 0 Å². The van der Waals surface area contributed by atoms with Crippen LogP contribution in [0.15, 0.2) is 18.3 Å². The quantitative estimate of drug-likeness (QED) is 0.705. The lowest BCUT2D eigenvalue weighted by Gasteiger charge is -2.20. The molecule has 0 unspecified atom stereocenters. The molecule has 0 spiro atoms. The van der Waals surface area contributed by atoms with E-state index in [-0.39, 0.29) is 5.91 Å². The minimum atomic E-state index is -0.0470. The fraction of sp³-hybridized carbons (Fsp3) is 0.600. The van der Waals surface area contributed by atoms with Gasteiger partial charge in [0.25, 0.3) is 5.91 Å². The third kappa shape index (κ3) is 5.17. The van der Waals surface area contributed by atoms with Crippen molar-refractivity contribution in [2.75, 3.05) is 38.2 Å². The number of likely N-dealkylation sites (N-methyl/N-ethyl adjacent to an activating group) is 1.